The number of pyridine rings is 2. The summed E-state index contributed by atoms with van der Waals surface area (Å²) in [6.45, 7) is 0. The van der Waals surface area contributed by atoms with E-state index in [0.29, 0.717) is 28.4 Å². The number of anilines is 1. The molecule has 3 aromatic heterocycles. The molecular weight excluding hydrogens is 413 g/mol. The predicted molar refractivity (Wildman–Crippen MR) is 121 cm³/mol. The van der Waals surface area contributed by atoms with Crippen molar-refractivity contribution in [3.63, 3.8) is 0 Å². The summed E-state index contributed by atoms with van der Waals surface area (Å²) in [5, 5.41) is 0.758. The first-order valence-corrected chi connectivity index (χ1v) is 9.87. The molecule has 7 heteroatoms. The van der Waals surface area contributed by atoms with Crippen LogP contribution in [0.4, 0.5) is 10.2 Å². The lowest BCUT2D eigenvalue weighted by molar-refractivity contribution is 0.628. The Morgan fingerprint density at radius 2 is 1.68 bits per heavy atom. The van der Waals surface area contributed by atoms with Gasteiger partial charge < -0.3 is 5.73 Å². The minimum Gasteiger partial charge on any atom is -0.383 e. The highest BCUT2D eigenvalue weighted by Gasteiger charge is 2.16. The Morgan fingerprint density at radius 3 is 2.48 bits per heavy atom. The molecule has 0 spiro atoms. The van der Waals surface area contributed by atoms with Crippen LogP contribution < -0.4 is 5.73 Å². The van der Waals surface area contributed by atoms with Gasteiger partial charge in [0.05, 0.1) is 21.6 Å². The third kappa shape index (κ3) is 3.47. The van der Waals surface area contributed by atoms with E-state index >= 15 is 0 Å². The fourth-order valence-electron chi connectivity index (χ4n) is 3.56. The molecule has 0 radical (unpaired) electrons. The van der Waals surface area contributed by atoms with Gasteiger partial charge in [-0.25, -0.2) is 14.4 Å². The van der Waals surface area contributed by atoms with Crippen LogP contribution in [0.2, 0.25) is 5.02 Å². The summed E-state index contributed by atoms with van der Waals surface area (Å²) in [6.07, 6.45) is 5.07. The van der Waals surface area contributed by atoms with Crippen molar-refractivity contribution in [1.29, 1.82) is 0 Å². The predicted octanol–water partition coefficient (Wildman–Crippen LogP) is 5.80. The zero-order valence-corrected chi connectivity index (χ0v) is 16.9. The fourth-order valence-corrected chi connectivity index (χ4v) is 3.74. The lowest BCUT2D eigenvalue weighted by Crippen LogP contribution is -2.00. The molecule has 31 heavy (non-hydrogen) atoms. The molecule has 0 aliphatic heterocycles. The fraction of sp³-hybridized carbons (Fsp3) is 0. The minimum atomic E-state index is -0.478. The van der Waals surface area contributed by atoms with Gasteiger partial charge in [0.1, 0.15) is 11.6 Å². The number of aromatic nitrogens is 4. The molecule has 0 aliphatic carbocycles. The van der Waals surface area contributed by atoms with E-state index in [2.05, 4.69) is 15.0 Å². The monoisotopic (exact) mass is 427 g/mol. The van der Waals surface area contributed by atoms with Gasteiger partial charge in [0.15, 0.2) is 5.82 Å². The molecule has 2 N–H and O–H groups in total. The largest absolute Gasteiger partial charge is 0.383 e. The van der Waals surface area contributed by atoms with Crippen LogP contribution in [0.25, 0.3) is 44.7 Å². The molecule has 0 saturated heterocycles. The molecule has 3 heterocycles. The molecule has 0 aliphatic rings. The summed E-state index contributed by atoms with van der Waals surface area (Å²) in [4.78, 5) is 17.9. The molecule has 0 atom stereocenters. The van der Waals surface area contributed by atoms with Crippen molar-refractivity contribution in [2.75, 3.05) is 5.73 Å². The van der Waals surface area contributed by atoms with Crippen LogP contribution in [-0.2, 0) is 0 Å². The van der Waals surface area contributed by atoms with E-state index in [1.54, 1.807) is 30.7 Å². The van der Waals surface area contributed by atoms with E-state index in [1.807, 2.05) is 42.5 Å². The molecule has 0 amide bonds. The Hall–Kier alpha value is -3.90. The zero-order chi connectivity index (χ0) is 21.4. The molecule has 0 fully saturated rings. The Morgan fingerprint density at radius 1 is 0.839 bits per heavy atom. The Kier molecular flexibility index (Phi) is 4.76. The maximum atomic E-state index is 13.7. The highest BCUT2D eigenvalue weighted by atomic mass is 35.5. The van der Waals surface area contributed by atoms with Gasteiger partial charge in [0, 0.05) is 35.3 Å². The zero-order valence-electron chi connectivity index (χ0n) is 16.1. The number of rotatable bonds is 3. The maximum absolute atomic E-state index is 13.7. The Bertz CT molecular complexity index is 1420. The molecule has 5 nitrogen and oxygen atoms in total. The van der Waals surface area contributed by atoms with Gasteiger partial charge in [-0.15, -0.1) is 0 Å². The van der Waals surface area contributed by atoms with Gasteiger partial charge in [0.2, 0.25) is 0 Å². The van der Waals surface area contributed by atoms with Crippen molar-refractivity contribution in [2.45, 2.75) is 0 Å². The average Bonchev–Trinajstić information content (AvgIpc) is 2.81. The van der Waals surface area contributed by atoms with E-state index in [0.717, 1.165) is 22.1 Å². The molecule has 0 unspecified atom stereocenters. The number of nitrogens with two attached hydrogens (primary N) is 1. The van der Waals surface area contributed by atoms with Crippen molar-refractivity contribution in [3.05, 3.63) is 90.1 Å². The van der Waals surface area contributed by atoms with Gasteiger partial charge in [-0.2, -0.15) is 0 Å². The first-order valence-electron chi connectivity index (χ1n) is 9.49. The van der Waals surface area contributed by atoms with Crippen molar-refractivity contribution in [3.8, 4) is 33.8 Å². The summed E-state index contributed by atoms with van der Waals surface area (Å²) < 4.78 is 13.7. The Balaban J connectivity index is 1.73. The van der Waals surface area contributed by atoms with E-state index in [1.165, 1.54) is 6.07 Å². The quantitative estimate of drug-likeness (QED) is 0.394. The number of fused-ring (bicyclic) bond motifs is 1. The lowest BCUT2D eigenvalue weighted by atomic mass is 9.96. The first-order chi connectivity index (χ1) is 15.1. The number of nitrogens with zero attached hydrogens (tertiary/aromatic N) is 4. The second kappa shape index (κ2) is 7.74. The Labute approximate surface area is 182 Å². The van der Waals surface area contributed by atoms with Gasteiger partial charge in [-0.1, -0.05) is 29.8 Å². The summed E-state index contributed by atoms with van der Waals surface area (Å²) >= 11 is 6.01. The highest BCUT2D eigenvalue weighted by Crippen LogP contribution is 2.37. The standard InChI is InChI=1S/C24H15ClFN5/c25-18-12-14(8-9-19(18)26)22-17(6-3-11-29-22)16-5-1-7-20-21(16)23(27)31-24(30-20)15-4-2-10-28-13-15/h1-13H,(H2,27,30,31). The van der Waals surface area contributed by atoms with E-state index in [4.69, 9.17) is 22.3 Å². The number of hydrogen-bond acceptors (Lipinski definition) is 5. The molecule has 5 aromatic rings. The van der Waals surface area contributed by atoms with Crippen molar-refractivity contribution >= 4 is 28.3 Å². The minimum absolute atomic E-state index is 0.0379. The highest BCUT2D eigenvalue weighted by molar-refractivity contribution is 6.31. The summed E-state index contributed by atoms with van der Waals surface area (Å²) in [7, 11) is 0. The van der Waals surface area contributed by atoms with Crippen molar-refractivity contribution in [2.24, 2.45) is 0 Å². The summed E-state index contributed by atoms with van der Waals surface area (Å²) in [5.41, 5.74) is 10.9. The molecule has 0 saturated carbocycles. The topological polar surface area (TPSA) is 77.6 Å². The molecule has 2 aromatic carbocycles. The smallest absolute Gasteiger partial charge is 0.163 e. The summed E-state index contributed by atoms with van der Waals surface area (Å²) in [6, 6.07) is 17.8. The average molecular weight is 428 g/mol. The number of benzene rings is 2. The third-order valence-electron chi connectivity index (χ3n) is 4.96. The van der Waals surface area contributed by atoms with Crippen molar-refractivity contribution < 1.29 is 4.39 Å². The second-order valence-corrected chi connectivity index (χ2v) is 7.31. The molecule has 5 rings (SSSR count). The van der Waals surface area contributed by atoms with Crippen LogP contribution >= 0.6 is 11.6 Å². The normalized spacial score (nSPS) is 11.0. The van der Waals surface area contributed by atoms with Gasteiger partial charge in [-0.3, -0.25) is 9.97 Å². The first kappa shape index (κ1) is 19.1. The third-order valence-corrected chi connectivity index (χ3v) is 5.25. The molecule has 150 valence electrons. The van der Waals surface area contributed by atoms with Gasteiger partial charge >= 0.3 is 0 Å². The van der Waals surface area contributed by atoms with Crippen LogP contribution in [0.3, 0.4) is 0 Å². The van der Waals surface area contributed by atoms with Crippen LogP contribution in [0.1, 0.15) is 0 Å². The number of nitrogen functional groups attached to an aromatic ring is 1. The maximum Gasteiger partial charge on any atom is 0.163 e. The molecular formula is C24H15ClFN5. The van der Waals surface area contributed by atoms with Crippen molar-refractivity contribution in [1.82, 2.24) is 19.9 Å². The summed E-state index contributed by atoms with van der Waals surface area (Å²) in [5.74, 6) is 0.381. The van der Waals surface area contributed by atoms with Crippen LogP contribution in [-0.4, -0.2) is 19.9 Å². The van der Waals surface area contributed by atoms with Gasteiger partial charge in [0.25, 0.3) is 0 Å². The lowest BCUT2D eigenvalue weighted by Gasteiger charge is -2.13. The van der Waals surface area contributed by atoms with E-state index in [9.17, 15) is 4.39 Å². The van der Waals surface area contributed by atoms with Crippen LogP contribution in [0, 0.1) is 5.82 Å². The number of hydrogen-bond donors (Lipinski definition) is 1. The SMILES string of the molecule is Nc1nc(-c2cccnc2)nc2cccc(-c3cccnc3-c3ccc(F)c(Cl)c3)c12. The second-order valence-electron chi connectivity index (χ2n) is 6.90. The van der Waals surface area contributed by atoms with E-state index < -0.39 is 5.82 Å². The molecule has 0 bridgehead atoms. The van der Waals surface area contributed by atoms with Crippen LogP contribution in [0.5, 0.6) is 0 Å². The number of halogens is 2. The van der Waals surface area contributed by atoms with E-state index in [-0.39, 0.29) is 5.02 Å². The van der Waals surface area contributed by atoms with Crippen LogP contribution in [0.15, 0.2) is 79.3 Å². The van der Waals surface area contributed by atoms with Gasteiger partial charge in [-0.05, 0) is 48.0 Å².